The van der Waals surface area contributed by atoms with Crippen molar-refractivity contribution in [3.05, 3.63) is 85.2 Å². The maximum absolute atomic E-state index is 13.9. The maximum Gasteiger partial charge on any atom is 0.414 e. The zero-order valence-corrected chi connectivity index (χ0v) is 22.5. The quantitative estimate of drug-likeness (QED) is 0.333. The van der Waals surface area contributed by atoms with Crippen molar-refractivity contribution in [1.82, 2.24) is 9.88 Å². The first-order chi connectivity index (χ1) is 18.0. The number of rotatable bonds is 5. The third kappa shape index (κ3) is 5.22. The number of benzene rings is 2. The molecule has 1 fully saturated rings. The van der Waals surface area contributed by atoms with Gasteiger partial charge in [-0.05, 0) is 59.5 Å². The molecule has 2 aromatic carbocycles. The molecule has 0 radical (unpaired) electrons. The Balaban J connectivity index is 1.49. The lowest BCUT2D eigenvalue weighted by Crippen LogP contribution is -2.37. The van der Waals surface area contributed by atoms with Crippen molar-refractivity contribution in [3.8, 4) is 0 Å². The Morgan fingerprint density at radius 3 is 2.45 bits per heavy atom. The molecular formula is C25H18Cl3F2N3O4S. The topological polar surface area (TPSA) is 82.7 Å². The second kappa shape index (κ2) is 10.4. The van der Waals surface area contributed by atoms with Crippen LogP contribution in [0.3, 0.4) is 0 Å². The number of nitrogens with zero attached hydrogens (tertiary/aromatic N) is 2. The Kier molecular flexibility index (Phi) is 7.34. The van der Waals surface area contributed by atoms with E-state index in [1.54, 1.807) is 36.4 Å². The maximum atomic E-state index is 13.9. The van der Waals surface area contributed by atoms with Gasteiger partial charge in [-0.2, -0.15) is 8.78 Å². The number of H-pyrrole nitrogens is 1. The van der Waals surface area contributed by atoms with Crippen LogP contribution in [0, 0.1) is 0 Å². The molecule has 0 bridgehead atoms. The number of aromatic nitrogens is 1. The number of amides is 2. The molecule has 5 rings (SSSR count). The zero-order chi connectivity index (χ0) is 27.2. The fraction of sp³-hybridized carbons (Fsp3) is 0.240. The molecule has 3 heterocycles. The van der Waals surface area contributed by atoms with Gasteiger partial charge >= 0.3 is 11.5 Å². The molecule has 2 amide bonds. The second-order valence-corrected chi connectivity index (χ2v) is 11.0. The van der Waals surface area contributed by atoms with Gasteiger partial charge in [0.15, 0.2) is 0 Å². The minimum absolute atomic E-state index is 0.0724. The van der Waals surface area contributed by atoms with Crippen LogP contribution in [0.5, 0.6) is 0 Å². The van der Waals surface area contributed by atoms with E-state index in [1.807, 2.05) is 4.98 Å². The van der Waals surface area contributed by atoms with E-state index in [-0.39, 0.29) is 33.6 Å². The number of carbonyl (C=O) groups is 2. The fourth-order valence-corrected chi connectivity index (χ4v) is 6.04. The Morgan fingerprint density at radius 2 is 1.76 bits per heavy atom. The van der Waals surface area contributed by atoms with E-state index >= 15 is 0 Å². The normalized spacial score (nSPS) is 15.4. The van der Waals surface area contributed by atoms with Gasteiger partial charge in [0, 0.05) is 35.1 Å². The predicted molar refractivity (Wildman–Crippen MR) is 141 cm³/mol. The third-order valence-electron chi connectivity index (χ3n) is 6.13. The number of fused-ring (bicyclic) bond motifs is 1. The van der Waals surface area contributed by atoms with Gasteiger partial charge in [-0.3, -0.25) is 14.5 Å². The summed E-state index contributed by atoms with van der Waals surface area (Å²) in [6.07, 6.45) is 0.258. The Hall–Kier alpha value is -2.79. The van der Waals surface area contributed by atoms with E-state index < -0.39 is 28.6 Å². The van der Waals surface area contributed by atoms with Crippen molar-refractivity contribution in [2.75, 3.05) is 18.1 Å². The first-order valence-electron chi connectivity index (χ1n) is 11.3. The number of pyridine rings is 1. The van der Waals surface area contributed by atoms with Crippen LogP contribution in [-0.4, -0.2) is 35.0 Å². The number of hydrogen-bond acceptors (Lipinski definition) is 5. The second-order valence-electron chi connectivity index (χ2n) is 8.64. The van der Waals surface area contributed by atoms with E-state index in [1.165, 1.54) is 9.80 Å². The molecule has 2 aliphatic heterocycles. The Labute approximate surface area is 234 Å². The molecule has 1 N–H and O–H groups in total. The molecule has 3 aromatic rings. The lowest BCUT2D eigenvalue weighted by atomic mass is 10.1. The number of anilines is 1. The number of halogens is 5. The van der Waals surface area contributed by atoms with E-state index in [0.29, 0.717) is 30.2 Å². The smallest absolute Gasteiger partial charge is 0.414 e. The minimum atomic E-state index is -3.88. The van der Waals surface area contributed by atoms with Crippen LogP contribution in [-0.2, 0) is 23.2 Å². The highest BCUT2D eigenvalue weighted by atomic mass is 35.5. The van der Waals surface area contributed by atoms with E-state index in [9.17, 15) is 23.2 Å². The SMILES string of the molecule is O=C(c1c(Sc2c(Cl)cccc2Cl)cc(C(F)(F)Cl)[nH]c1=O)N1Cc2ccc(N3CCCOC3=O)cc2C1. The van der Waals surface area contributed by atoms with E-state index in [4.69, 9.17) is 39.5 Å². The third-order valence-corrected chi connectivity index (χ3v) is 8.37. The molecule has 7 nitrogen and oxygen atoms in total. The van der Waals surface area contributed by atoms with Gasteiger partial charge in [-0.15, -0.1) is 0 Å². The largest absolute Gasteiger partial charge is 0.449 e. The summed E-state index contributed by atoms with van der Waals surface area (Å²) in [5.41, 5.74) is 0.0247. The Morgan fingerprint density at radius 1 is 1.05 bits per heavy atom. The Bertz CT molecular complexity index is 1490. The van der Waals surface area contributed by atoms with Gasteiger partial charge in [-0.1, -0.05) is 47.1 Å². The molecule has 0 saturated carbocycles. The summed E-state index contributed by atoms with van der Waals surface area (Å²) in [6.45, 7) is 1.21. The summed E-state index contributed by atoms with van der Waals surface area (Å²) in [7, 11) is 0. The fourth-order valence-electron chi connectivity index (χ4n) is 4.30. The summed E-state index contributed by atoms with van der Waals surface area (Å²) in [6, 6.07) is 11.0. The van der Waals surface area contributed by atoms with Crippen LogP contribution in [0.2, 0.25) is 10.0 Å². The van der Waals surface area contributed by atoms with Gasteiger partial charge in [0.2, 0.25) is 0 Å². The average Bonchev–Trinajstić information content (AvgIpc) is 3.29. The number of cyclic esters (lactones) is 1. The molecule has 0 atom stereocenters. The molecule has 198 valence electrons. The number of alkyl halides is 3. The van der Waals surface area contributed by atoms with Crippen LogP contribution in [0.1, 0.15) is 33.6 Å². The molecule has 38 heavy (non-hydrogen) atoms. The van der Waals surface area contributed by atoms with Crippen LogP contribution in [0.15, 0.2) is 57.1 Å². The van der Waals surface area contributed by atoms with Crippen molar-refractivity contribution in [3.63, 3.8) is 0 Å². The van der Waals surface area contributed by atoms with Crippen molar-refractivity contribution in [1.29, 1.82) is 0 Å². The van der Waals surface area contributed by atoms with Crippen molar-refractivity contribution in [2.24, 2.45) is 0 Å². The number of carbonyl (C=O) groups excluding carboxylic acids is 2. The van der Waals surface area contributed by atoms with Crippen LogP contribution in [0.4, 0.5) is 19.3 Å². The van der Waals surface area contributed by atoms with Gasteiger partial charge < -0.3 is 14.6 Å². The summed E-state index contributed by atoms with van der Waals surface area (Å²) in [4.78, 5) is 44.0. The number of ether oxygens (including phenoxy) is 1. The van der Waals surface area contributed by atoms with Gasteiger partial charge in [0.05, 0.1) is 16.7 Å². The lowest BCUT2D eigenvalue weighted by Gasteiger charge is -2.26. The lowest BCUT2D eigenvalue weighted by molar-refractivity contribution is 0.0740. The van der Waals surface area contributed by atoms with Crippen LogP contribution >= 0.6 is 46.6 Å². The van der Waals surface area contributed by atoms with Crippen LogP contribution in [0.25, 0.3) is 0 Å². The zero-order valence-electron chi connectivity index (χ0n) is 19.4. The molecule has 2 aliphatic rings. The molecule has 0 aliphatic carbocycles. The number of nitrogens with one attached hydrogen (secondary N) is 1. The van der Waals surface area contributed by atoms with E-state index in [2.05, 4.69) is 0 Å². The highest BCUT2D eigenvalue weighted by Gasteiger charge is 2.34. The highest BCUT2D eigenvalue weighted by Crippen LogP contribution is 2.42. The monoisotopic (exact) mass is 599 g/mol. The molecule has 1 aromatic heterocycles. The summed E-state index contributed by atoms with van der Waals surface area (Å²) < 4.78 is 33.0. The van der Waals surface area contributed by atoms with Crippen molar-refractivity contribution in [2.45, 2.75) is 34.7 Å². The van der Waals surface area contributed by atoms with Crippen molar-refractivity contribution >= 4 is 64.3 Å². The molecule has 13 heteroatoms. The summed E-state index contributed by atoms with van der Waals surface area (Å²) in [5, 5.41) is -3.44. The standard InChI is InChI=1S/C25H18Cl3F2N3O4S/c26-16-3-1-4-17(27)21(16)38-18-10-19(25(28,29)30)31-22(34)20(18)23(35)32-11-13-5-6-15(9-14(13)12-32)33-7-2-8-37-24(33)36/h1,3-6,9-10H,2,7-8,11-12H2,(H,31,34). The van der Waals surface area contributed by atoms with Gasteiger partial charge in [-0.25, -0.2) is 4.79 Å². The molecule has 0 unspecified atom stereocenters. The minimum Gasteiger partial charge on any atom is -0.449 e. The first kappa shape index (κ1) is 26.8. The number of hydrogen-bond donors (Lipinski definition) is 1. The average molecular weight is 601 g/mol. The molecular weight excluding hydrogens is 583 g/mol. The first-order valence-corrected chi connectivity index (χ1v) is 13.3. The molecule has 1 saturated heterocycles. The van der Waals surface area contributed by atoms with E-state index in [0.717, 1.165) is 29.0 Å². The summed E-state index contributed by atoms with van der Waals surface area (Å²) in [5.74, 6) is -0.670. The van der Waals surface area contributed by atoms with Crippen LogP contribution < -0.4 is 10.5 Å². The number of aromatic amines is 1. The highest BCUT2D eigenvalue weighted by molar-refractivity contribution is 7.99. The van der Waals surface area contributed by atoms with Gasteiger partial charge in [0.25, 0.3) is 11.5 Å². The molecule has 0 spiro atoms. The van der Waals surface area contributed by atoms with Crippen molar-refractivity contribution < 1.29 is 23.1 Å². The van der Waals surface area contributed by atoms with Gasteiger partial charge in [0.1, 0.15) is 11.3 Å². The summed E-state index contributed by atoms with van der Waals surface area (Å²) >= 11 is 18.5. The predicted octanol–water partition coefficient (Wildman–Crippen LogP) is 6.62.